The van der Waals surface area contributed by atoms with E-state index in [0.717, 1.165) is 39.1 Å². The highest BCUT2D eigenvalue weighted by atomic mass is 79.9. The van der Waals surface area contributed by atoms with Crippen LogP contribution < -0.4 is 14.9 Å². The molecule has 0 amide bonds. The number of aryl methyl sites for hydroxylation is 2. The molecule has 158 valence electrons. The number of hydrogen-bond donors (Lipinski definition) is 0. The number of aromatic nitrogens is 1. The lowest BCUT2D eigenvalue weighted by atomic mass is 9.83. The maximum absolute atomic E-state index is 13.6. The molecule has 0 spiro atoms. The van der Waals surface area contributed by atoms with Crippen molar-refractivity contribution in [3.8, 4) is 0 Å². The van der Waals surface area contributed by atoms with E-state index in [9.17, 15) is 4.79 Å². The van der Waals surface area contributed by atoms with Gasteiger partial charge < -0.3 is 4.42 Å². The third-order valence-electron chi connectivity index (χ3n) is 6.09. The summed E-state index contributed by atoms with van der Waals surface area (Å²) in [5, 5.41) is 0. The van der Waals surface area contributed by atoms with Crippen LogP contribution in [0.2, 0.25) is 0 Å². The fourth-order valence-electron chi connectivity index (χ4n) is 4.63. The normalized spacial score (nSPS) is 17.6. The lowest BCUT2D eigenvalue weighted by Crippen LogP contribution is -2.38. The quantitative estimate of drug-likeness (QED) is 0.387. The van der Waals surface area contributed by atoms with Crippen LogP contribution >= 0.6 is 27.3 Å². The van der Waals surface area contributed by atoms with Gasteiger partial charge in [-0.05, 0) is 60.7 Å². The molecule has 1 aliphatic carbocycles. The molecule has 6 rings (SSSR count). The van der Waals surface area contributed by atoms with Gasteiger partial charge in [0.05, 0.1) is 16.3 Å². The van der Waals surface area contributed by atoms with Gasteiger partial charge in [-0.3, -0.25) is 9.36 Å². The highest BCUT2D eigenvalue weighted by Crippen LogP contribution is 2.41. The Kier molecular flexibility index (Phi) is 4.66. The lowest BCUT2D eigenvalue weighted by Gasteiger charge is -2.30. The second-order valence-electron chi connectivity index (χ2n) is 8.11. The van der Waals surface area contributed by atoms with Gasteiger partial charge in [0.15, 0.2) is 4.80 Å². The molecule has 0 saturated heterocycles. The average Bonchev–Trinajstić information content (AvgIpc) is 3.35. The zero-order chi connectivity index (χ0) is 21.8. The Labute approximate surface area is 197 Å². The van der Waals surface area contributed by atoms with Crippen LogP contribution in [0.3, 0.4) is 0 Å². The molecule has 3 heterocycles. The van der Waals surface area contributed by atoms with Crippen molar-refractivity contribution in [2.24, 2.45) is 4.99 Å². The van der Waals surface area contributed by atoms with Crippen molar-refractivity contribution in [3.63, 3.8) is 0 Å². The van der Waals surface area contributed by atoms with Crippen LogP contribution in [0.1, 0.15) is 40.7 Å². The molecule has 1 atom stereocenters. The predicted octanol–water partition coefficient (Wildman–Crippen LogP) is 4.98. The third kappa shape index (κ3) is 3.17. The van der Waals surface area contributed by atoms with Crippen molar-refractivity contribution in [1.82, 2.24) is 4.57 Å². The van der Waals surface area contributed by atoms with E-state index in [1.807, 2.05) is 41.8 Å². The molecule has 4 aromatic rings. The fourth-order valence-corrected chi connectivity index (χ4v) is 5.87. The van der Waals surface area contributed by atoms with Crippen molar-refractivity contribution in [2.75, 3.05) is 0 Å². The Bertz CT molecular complexity index is 1570. The minimum Gasteiger partial charge on any atom is -0.462 e. The van der Waals surface area contributed by atoms with Crippen molar-refractivity contribution in [3.05, 3.63) is 119 Å². The Morgan fingerprint density at radius 2 is 1.91 bits per heavy atom. The van der Waals surface area contributed by atoms with Crippen LogP contribution in [0.25, 0.3) is 11.8 Å². The fraction of sp³-hybridized carbons (Fsp3) is 0.154. The summed E-state index contributed by atoms with van der Waals surface area (Å²) in [6, 6.07) is 20.4. The number of rotatable bonds is 2. The first-order chi connectivity index (χ1) is 15.6. The van der Waals surface area contributed by atoms with Crippen molar-refractivity contribution in [2.45, 2.75) is 25.8 Å². The standard InChI is InChI=1S/C26H19BrN2O2S/c1-15-6-12-19(31-15)14-22-25(30)29-24(17-7-10-18(27)11-8-17)21-13-9-16-4-2-3-5-20(16)23(21)28-26(29)32-22/h2-8,10-12,14,24H,9,13H2,1H3/b22-14-. The SMILES string of the molecule is Cc1ccc(/C=c2\sc3n(c2=O)C(c2ccc(Br)cc2)C2=C(N=3)c3ccccc3CC2)o1. The van der Waals surface area contributed by atoms with Gasteiger partial charge in [-0.25, -0.2) is 4.99 Å². The monoisotopic (exact) mass is 502 g/mol. The number of benzene rings is 2. The summed E-state index contributed by atoms with van der Waals surface area (Å²) < 4.78 is 9.21. The number of halogens is 1. The van der Waals surface area contributed by atoms with Crippen molar-refractivity contribution < 1.29 is 4.42 Å². The number of furan rings is 1. The summed E-state index contributed by atoms with van der Waals surface area (Å²) in [6.07, 6.45) is 3.66. The first kappa shape index (κ1) is 19.7. The van der Waals surface area contributed by atoms with E-state index in [2.05, 4.69) is 52.3 Å². The molecule has 0 radical (unpaired) electrons. The first-order valence-corrected chi connectivity index (χ1v) is 12.1. The number of fused-ring (bicyclic) bond motifs is 3. The smallest absolute Gasteiger partial charge is 0.271 e. The van der Waals surface area contributed by atoms with Crippen LogP contribution in [-0.2, 0) is 6.42 Å². The van der Waals surface area contributed by atoms with E-state index in [4.69, 9.17) is 9.41 Å². The number of thiazole rings is 1. The van der Waals surface area contributed by atoms with Gasteiger partial charge in [-0.15, -0.1) is 0 Å². The first-order valence-electron chi connectivity index (χ1n) is 10.5. The molecule has 0 saturated carbocycles. The zero-order valence-electron chi connectivity index (χ0n) is 17.3. The molecule has 0 fully saturated rings. The van der Waals surface area contributed by atoms with Gasteiger partial charge in [-0.2, -0.15) is 0 Å². The van der Waals surface area contributed by atoms with Crippen molar-refractivity contribution in [1.29, 1.82) is 0 Å². The molecule has 4 nitrogen and oxygen atoms in total. The third-order valence-corrected chi connectivity index (χ3v) is 7.60. The highest BCUT2D eigenvalue weighted by molar-refractivity contribution is 9.10. The summed E-state index contributed by atoms with van der Waals surface area (Å²) in [5.74, 6) is 1.51. The summed E-state index contributed by atoms with van der Waals surface area (Å²) in [5.41, 5.74) is 5.78. The molecular weight excluding hydrogens is 484 g/mol. The number of allylic oxidation sites excluding steroid dienone is 1. The van der Waals surface area contributed by atoms with E-state index in [0.29, 0.717) is 10.3 Å². The maximum Gasteiger partial charge on any atom is 0.271 e. The largest absolute Gasteiger partial charge is 0.462 e. The molecule has 32 heavy (non-hydrogen) atoms. The Morgan fingerprint density at radius 3 is 2.69 bits per heavy atom. The van der Waals surface area contributed by atoms with Gasteiger partial charge in [-0.1, -0.05) is 63.7 Å². The predicted molar refractivity (Wildman–Crippen MR) is 130 cm³/mol. The molecule has 0 N–H and O–H groups in total. The second kappa shape index (κ2) is 7.57. The van der Waals surface area contributed by atoms with Crippen LogP contribution in [0.4, 0.5) is 0 Å². The van der Waals surface area contributed by atoms with E-state index >= 15 is 0 Å². The minimum atomic E-state index is -0.164. The van der Waals surface area contributed by atoms with E-state index in [-0.39, 0.29) is 11.6 Å². The molecule has 0 bridgehead atoms. The van der Waals surface area contributed by atoms with Gasteiger partial charge in [0.2, 0.25) is 0 Å². The van der Waals surface area contributed by atoms with Crippen LogP contribution in [0.5, 0.6) is 0 Å². The van der Waals surface area contributed by atoms with Gasteiger partial charge in [0.25, 0.3) is 5.56 Å². The molecule has 2 aromatic carbocycles. The molecule has 2 aromatic heterocycles. The molecular formula is C26H19BrN2O2S. The lowest BCUT2D eigenvalue weighted by molar-refractivity contribution is 0.524. The molecule has 1 unspecified atom stereocenters. The average molecular weight is 503 g/mol. The zero-order valence-corrected chi connectivity index (χ0v) is 19.7. The van der Waals surface area contributed by atoms with E-state index in [1.54, 1.807) is 0 Å². The van der Waals surface area contributed by atoms with E-state index in [1.165, 1.54) is 28.0 Å². The van der Waals surface area contributed by atoms with Crippen LogP contribution in [0.15, 0.2) is 84.9 Å². The number of hydrogen-bond acceptors (Lipinski definition) is 4. The van der Waals surface area contributed by atoms with Gasteiger partial charge in [0, 0.05) is 16.1 Å². The van der Waals surface area contributed by atoms with Crippen molar-refractivity contribution >= 4 is 39.0 Å². The highest BCUT2D eigenvalue weighted by Gasteiger charge is 2.32. The van der Waals surface area contributed by atoms with Gasteiger partial charge in [0.1, 0.15) is 11.5 Å². The Balaban J connectivity index is 1.64. The summed E-state index contributed by atoms with van der Waals surface area (Å²) in [4.78, 5) is 19.4. The topological polar surface area (TPSA) is 47.5 Å². The summed E-state index contributed by atoms with van der Waals surface area (Å²) >= 11 is 4.96. The maximum atomic E-state index is 13.6. The summed E-state index contributed by atoms with van der Waals surface area (Å²) in [7, 11) is 0. The minimum absolute atomic E-state index is 0.0267. The van der Waals surface area contributed by atoms with Crippen LogP contribution in [0, 0.1) is 6.92 Å². The van der Waals surface area contributed by atoms with Gasteiger partial charge >= 0.3 is 0 Å². The van der Waals surface area contributed by atoms with E-state index < -0.39 is 0 Å². The second-order valence-corrected chi connectivity index (χ2v) is 10.0. The number of nitrogens with zero attached hydrogens (tertiary/aromatic N) is 2. The Morgan fingerprint density at radius 1 is 1.09 bits per heavy atom. The van der Waals surface area contributed by atoms with Crippen LogP contribution in [-0.4, -0.2) is 4.57 Å². The molecule has 2 aliphatic rings. The molecule has 6 heteroatoms. The molecule has 1 aliphatic heterocycles. The Hall–Kier alpha value is -2.96. The summed E-state index contributed by atoms with van der Waals surface area (Å²) in [6.45, 7) is 1.90.